The number of amides is 1. The summed E-state index contributed by atoms with van der Waals surface area (Å²) < 4.78 is 72.9. The molecule has 34 heavy (non-hydrogen) atoms. The molecule has 0 fully saturated rings. The monoisotopic (exact) mass is 470 g/mol. The fraction of sp³-hybridized carbons (Fsp3) is 0.0400. The number of nitrogens with zero attached hydrogens (tertiary/aromatic N) is 1. The number of ether oxygens (including phenoxy) is 1. The molecular weight excluding hydrogens is 455 g/mol. The Labute approximate surface area is 190 Å². The van der Waals surface area contributed by atoms with E-state index in [0.717, 1.165) is 5.56 Å². The summed E-state index contributed by atoms with van der Waals surface area (Å²) in [6.07, 6.45) is 0. The van der Waals surface area contributed by atoms with Gasteiger partial charge in [-0.1, -0.05) is 30.3 Å². The van der Waals surface area contributed by atoms with Gasteiger partial charge in [0.1, 0.15) is 11.3 Å². The lowest BCUT2D eigenvalue weighted by Crippen LogP contribution is -2.19. The van der Waals surface area contributed by atoms with Crippen molar-refractivity contribution in [3.05, 3.63) is 101 Å². The fourth-order valence-electron chi connectivity index (χ4n) is 3.26. The van der Waals surface area contributed by atoms with E-state index < -0.39 is 40.6 Å². The number of rotatable bonds is 5. The standard InChI is InChI=1S/C25H15F5N2O2/c1-34-16-5-2-4-14(12-16)18-7-3-6-17(32-18)13-8-10-15(11-9-13)31-25(33)19-20(26)22(28)24(30)23(29)21(19)27/h2-12H,1H3,(H,31,33). The molecule has 4 nitrogen and oxygen atoms in total. The second-order valence-corrected chi connectivity index (χ2v) is 7.12. The summed E-state index contributed by atoms with van der Waals surface area (Å²) in [5.74, 6) is -11.9. The van der Waals surface area contributed by atoms with Gasteiger partial charge < -0.3 is 10.1 Å². The number of aromatic nitrogens is 1. The molecule has 3 aromatic carbocycles. The Kier molecular flexibility index (Phi) is 6.27. The summed E-state index contributed by atoms with van der Waals surface area (Å²) >= 11 is 0. The highest BCUT2D eigenvalue weighted by Crippen LogP contribution is 2.27. The molecule has 0 saturated carbocycles. The zero-order valence-corrected chi connectivity index (χ0v) is 17.5. The third kappa shape index (κ3) is 4.32. The van der Waals surface area contributed by atoms with Crippen molar-refractivity contribution in [3.8, 4) is 28.3 Å². The molecule has 0 saturated heterocycles. The minimum atomic E-state index is -2.33. The largest absolute Gasteiger partial charge is 0.497 e. The second kappa shape index (κ2) is 9.30. The third-order valence-corrected chi connectivity index (χ3v) is 4.99. The van der Waals surface area contributed by atoms with Gasteiger partial charge in [0.25, 0.3) is 5.91 Å². The van der Waals surface area contributed by atoms with Crippen LogP contribution in [-0.2, 0) is 0 Å². The van der Waals surface area contributed by atoms with Gasteiger partial charge in [0, 0.05) is 16.8 Å². The van der Waals surface area contributed by atoms with Gasteiger partial charge in [0.15, 0.2) is 23.3 Å². The zero-order chi connectivity index (χ0) is 24.4. The lowest BCUT2D eigenvalue weighted by Gasteiger charge is -2.10. The smallest absolute Gasteiger partial charge is 0.261 e. The van der Waals surface area contributed by atoms with Crippen LogP contribution >= 0.6 is 0 Å². The summed E-state index contributed by atoms with van der Waals surface area (Å²) in [7, 11) is 1.56. The van der Waals surface area contributed by atoms with Gasteiger partial charge in [-0.05, 0) is 36.4 Å². The topological polar surface area (TPSA) is 51.2 Å². The van der Waals surface area contributed by atoms with Crippen molar-refractivity contribution in [2.45, 2.75) is 0 Å². The lowest BCUT2D eigenvalue weighted by atomic mass is 10.1. The Morgan fingerprint density at radius 2 is 1.29 bits per heavy atom. The summed E-state index contributed by atoms with van der Waals surface area (Å²) in [6, 6.07) is 18.8. The van der Waals surface area contributed by atoms with E-state index >= 15 is 0 Å². The lowest BCUT2D eigenvalue weighted by molar-refractivity contribution is 0.101. The van der Waals surface area contributed by atoms with Crippen molar-refractivity contribution in [3.63, 3.8) is 0 Å². The van der Waals surface area contributed by atoms with Gasteiger partial charge in [-0.25, -0.2) is 26.9 Å². The summed E-state index contributed by atoms with van der Waals surface area (Å²) in [6.45, 7) is 0. The molecule has 0 spiro atoms. The van der Waals surface area contributed by atoms with Crippen LogP contribution in [0.3, 0.4) is 0 Å². The SMILES string of the molecule is COc1cccc(-c2cccc(-c3ccc(NC(=O)c4c(F)c(F)c(F)c(F)c4F)cc3)n2)c1. The summed E-state index contributed by atoms with van der Waals surface area (Å²) in [5, 5.41) is 2.13. The predicted molar refractivity (Wildman–Crippen MR) is 116 cm³/mol. The normalized spacial score (nSPS) is 10.8. The second-order valence-electron chi connectivity index (χ2n) is 7.12. The predicted octanol–water partition coefficient (Wildman–Crippen LogP) is 6.37. The van der Waals surface area contributed by atoms with Gasteiger partial charge in [0.2, 0.25) is 5.82 Å². The third-order valence-electron chi connectivity index (χ3n) is 4.99. The van der Waals surface area contributed by atoms with Crippen molar-refractivity contribution in [1.82, 2.24) is 4.98 Å². The first-order valence-electron chi connectivity index (χ1n) is 9.85. The van der Waals surface area contributed by atoms with Crippen LogP contribution in [0.25, 0.3) is 22.5 Å². The first-order chi connectivity index (χ1) is 16.3. The van der Waals surface area contributed by atoms with Gasteiger partial charge in [-0.3, -0.25) is 4.79 Å². The maximum absolute atomic E-state index is 13.9. The highest BCUT2D eigenvalue weighted by atomic mass is 19.2. The molecule has 1 amide bonds. The molecular formula is C25H15F5N2O2. The van der Waals surface area contributed by atoms with Crippen LogP contribution in [0, 0.1) is 29.1 Å². The molecule has 1 heterocycles. The van der Waals surface area contributed by atoms with Crippen LogP contribution in [0.1, 0.15) is 10.4 Å². The molecule has 9 heteroatoms. The Balaban J connectivity index is 1.57. The Hall–Kier alpha value is -4.27. The van der Waals surface area contributed by atoms with E-state index in [9.17, 15) is 26.7 Å². The molecule has 0 radical (unpaired) electrons. The van der Waals surface area contributed by atoms with Crippen molar-refractivity contribution >= 4 is 11.6 Å². The van der Waals surface area contributed by atoms with E-state index in [2.05, 4.69) is 10.3 Å². The highest BCUT2D eigenvalue weighted by molar-refractivity contribution is 6.04. The number of hydrogen-bond acceptors (Lipinski definition) is 3. The number of methoxy groups -OCH3 is 1. The zero-order valence-electron chi connectivity index (χ0n) is 17.5. The van der Waals surface area contributed by atoms with Crippen LogP contribution in [0.4, 0.5) is 27.6 Å². The number of carbonyl (C=O) groups is 1. The summed E-state index contributed by atoms with van der Waals surface area (Å²) in [5.41, 5.74) is 1.33. The number of halogens is 5. The minimum absolute atomic E-state index is 0.0849. The van der Waals surface area contributed by atoms with Crippen LogP contribution < -0.4 is 10.1 Å². The minimum Gasteiger partial charge on any atom is -0.497 e. The molecule has 0 aliphatic heterocycles. The average molecular weight is 470 g/mol. The molecule has 0 unspecified atom stereocenters. The number of nitrogens with one attached hydrogen (secondary N) is 1. The molecule has 0 atom stereocenters. The number of hydrogen-bond donors (Lipinski definition) is 1. The Morgan fingerprint density at radius 3 is 1.91 bits per heavy atom. The van der Waals surface area contributed by atoms with Crippen molar-refractivity contribution in [1.29, 1.82) is 0 Å². The van der Waals surface area contributed by atoms with Crippen LogP contribution in [0.15, 0.2) is 66.7 Å². The van der Waals surface area contributed by atoms with Gasteiger partial charge in [-0.2, -0.15) is 0 Å². The van der Waals surface area contributed by atoms with E-state index in [1.54, 1.807) is 25.3 Å². The molecule has 1 aromatic heterocycles. The molecule has 4 aromatic rings. The first-order valence-corrected chi connectivity index (χ1v) is 9.85. The maximum Gasteiger partial charge on any atom is 0.261 e. The van der Waals surface area contributed by atoms with Gasteiger partial charge in [-0.15, -0.1) is 0 Å². The van der Waals surface area contributed by atoms with E-state index in [-0.39, 0.29) is 5.69 Å². The summed E-state index contributed by atoms with van der Waals surface area (Å²) in [4.78, 5) is 16.8. The molecule has 0 aliphatic carbocycles. The number of carbonyl (C=O) groups excluding carboxylic acids is 1. The van der Waals surface area contributed by atoms with Crippen molar-refractivity contribution in [2.75, 3.05) is 12.4 Å². The van der Waals surface area contributed by atoms with Crippen LogP contribution in [0.5, 0.6) is 5.75 Å². The average Bonchev–Trinajstić information content (AvgIpc) is 2.87. The molecule has 4 rings (SSSR count). The van der Waals surface area contributed by atoms with Crippen molar-refractivity contribution < 1.29 is 31.5 Å². The van der Waals surface area contributed by atoms with Crippen molar-refractivity contribution in [2.24, 2.45) is 0 Å². The number of benzene rings is 3. The van der Waals surface area contributed by atoms with Gasteiger partial charge in [0.05, 0.1) is 18.5 Å². The molecule has 0 aliphatic rings. The highest BCUT2D eigenvalue weighted by Gasteiger charge is 2.29. The van der Waals surface area contributed by atoms with Gasteiger partial charge >= 0.3 is 0 Å². The van der Waals surface area contributed by atoms with Crippen LogP contribution in [-0.4, -0.2) is 18.0 Å². The number of anilines is 1. The first kappa shape index (κ1) is 22.9. The van der Waals surface area contributed by atoms with E-state index in [1.165, 1.54) is 12.1 Å². The molecule has 1 N–H and O–H groups in total. The van der Waals surface area contributed by atoms with E-state index in [0.29, 0.717) is 22.7 Å². The van der Waals surface area contributed by atoms with E-state index in [4.69, 9.17) is 4.74 Å². The Bertz CT molecular complexity index is 1360. The molecule has 172 valence electrons. The fourth-order valence-corrected chi connectivity index (χ4v) is 3.26. The van der Waals surface area contributed by atoms with Crippen LogP contribution in [0.2, 0.25) is 0 Å². The number of pyridine rings is 1. The quantitative estimate of drug-likeness (QED) is 0.209. The molecule has 0 bridgehead atoms. The maximum atomic E-state index is 13.9. The Morgan fingerprint density at radius 1 is 0.735 bits per heavy atom. The van der Waals surface area contributed by atoms with E-state index in [1.807, 2.05) is 36.4 Å².